The maximum atomic E-state index is 12.7. The van der Waals surface area contributed by atoms with Crippen molar-refractivity contribution in [1.82, 2.24) is 20.4 Å². The predicted molar refractivity (Wildman–Crippen MR) is 113 cm³/mol. The van der Waals surface area contributed by atoms with Gasteiger partial charge in [-0.3, -0.25) is 4.79 Å². The minimum atomic E-state index is -0.279. The lowest BCUT2D eigenvalue weighted by Gasteiger charge is -2.10. The Balaban J connectivity index is 1.63. The topological polar surface area (TPSA) is 105 Å². The summed E-state index contributed by atoms with van der Waals surface area (Å²) in [7, 11) is 0. The summed E-state index contributed by atoms with van der Waals surface area (Å²) >= 11 is 6.24. The van der Waals surface area contributed by atoms with Crippen molar-refractivity contribution >= 4 is 29.3 Å². The molecule has 0 aliphatic heterocycles. The van der Waals surface area contributed by atoms with Crippen molar-refractivity contribution in [3.05, 3.63) is 52.4 Å². The zero-order valence-electron chi connectivity index (χ0n) is 16.5. The van der Waals surface area contributed by atoms with Gasteiger partial charge in [0.15, 0.2) is 0 Å². The van der Waals surface area contributed by atoms with Crippen LogP contribution in [-0.2, 0) is 0 Å². The molecule has 0 spiro atoms. The maximum Gasteiger partial charge on any atom is 0.257 e. The lowest BCUT2D eigenvalue weighted by Crippen LogP contribution is -2.29. The zero-order valence-corrected chi connectivity index (χ0v) is 17.3. The highest BCUT2D eigenvalue weighted by molar-refractivity contribution is 6.33. The van der Waals surface area contributed by atoms with E-state index in [0.29, 0.717) is 46.6 Å². The molecule has 0 saturated carbocycles. The number of carbonyl (C=O) groups is 1. The van der Waals surface area contributed by atoms with Gasteiger partial charge in [-0.1, -0.05) is 35.0 Å². The Bertz CT molecular complexity index is 1000. The van der Waals surface area contributed by atoms with Crippen LogP contribution in [0, 0.1) is 13.8 Å². The quantitative estimate of drug-likeness (QED) is 0.483. The number of aryl methyl sites for hydroxylation is 2. The Hall–Kier alpha value is -3.13. The standard InChI is InChI=1S/C20H23ClN6O2/c1-4-22-16-11-12(2)25-20(26-16)24-10-9-23-19(28)17-13(3)29-27-18(17)14-7-5-6-8-15(14)21/h5-8,11H,4,9-10H2,1-3H3,(H,23,28)(H2,22,24,25,26). The highest BCUT2D eigenvalue weighted by Crippen LogP contribution is 2.30. The van der Waals surface area contributed by atoms with Gasteiger partial charge in [-0.25, -0.2) is 4.98 Å². The van der Waals surface area contributed by atoms with Crippen LogP contribution < -0.4 is 16.0 Å². The molecule has 3 rings (SSSR count). The largest absolute Gasteiger partial charge is 0.370 e. The minimum absolute atomic E-state index is 0.279. The van der Waals surface area contributed by atoms with Crippen molar-refractivity contribution in [2.75, 3.05) is 30.3 Å². The molecule has 2 heterocycles. The molecule has 2 aromatic heterocycles. The van der Waals surface area contributed by atoms with E-state index in [1.54, 1.807) is 19.1 Å². The fraction of sp³-hybridized carbons (Fsp3) is 0.300. The number of nitrogens with one attached hydrogen (secondary N) is 3. The fourth-order valence-corrected chi connectivity index (χ4v) is 3.06. The number of aromatic nitrogens is 3. The number of rotatable bonds is 8. The molecule has 8 nitrogen and oxygen atoms in total. The first kappa shape index (κ1) is 20.6. The Morgan fingerprint density at radius 1 is 1.14 bits per heavy atom. The van der Waals surface area contributed by atoms with Gasteiger partial charge in [-0.15, -0.1) is 0 Å². The van der Waals surface area contributed by atoms with E-state index < -0.39 is 0 Å². The summed E-state index contributed by atoms with van der Waals surface area (Å²) in [6.07, 6.45) is 0. The fourth-order valence-electron chi connectivity index (χ4n) is 2.83. The molecule has 0 radical (unpaired) electrons. The average molecular weight is 415 g/mol. The van der Waals surface area contributed by atoms with E-state index in [0.717, 1.165) is 18.1 Å². The van der Waals surface area contributed by atoms with Crippen LogP contribution in [0.25, 0.3) is 11.3 Å². The van der Waals surface area contributed by atoms with Gasteiger partial charge in [0.25, 0.3) is 5.91 Å². The number of carbonyl (C=O) groups excluding carboxylic acids is 1. The van der Waals surface area contributed by atoms with Gasteiger partial charge in [0, 0.05) is 37.0 Å². The van der Waals surface area contributed by atoms with Crippen molar-refractivity contribution in [2.24, 2.45) is 0 Å². The normalized spacial score (nSPS) is 10.6. The Morgan fingerprint density at radius 3 is 2.69 bits per heavy atom. The van der Waals surface area contributed by atoms with Gasteiger partial charge >= 0.3 is 0 Å². The number of hydrogen-bond donors (Lipinski definition) is 3. The van der Waals surface area contributed by atoms with Gasteiger partial charge in [-0.05, 0) is 26.8 Å². The van der Waals surface area contributed by atoms with Crippen LogP contribution in [-0.4, -0.2) is 40.7 Å². The van der Waals surface area contributed by atoms with E-state index in [1.807, 2.05) is 32.0 Å². The third kappa shape index (κ3) is 5.03. The molecule has 9 heteroatoms. The molecule has 0 bridgehead atoms. The summed E-state index contributed by atoms with van der Waals surface area (Å²) in [5.74, 6) is 1.42. The molecule has 0 fully saturated rings. The van der Waals surface area contributed by atoms with E-state index in [4.69, 9.17) is 16.1 Å². The summed E-state index contributed by atoms with van der Waals surface area (Å²) in [5, 5.41) is 13.7. The molecule has 29 heavy (non-hydrogen) atoms. The first-order chi connectivity index (χ1) is 14.0. The van der Waals surface area contributed by atoms with Crippen molar-refractivity contribution in [2.45, 2.75) is 20.8 Å². The van der Waals surface area contributed by atoms with Gasteiger partial charge in [-0.2, -0.15) is 4.98 Å². The van der Waals surface area contributed by atoms with E-state index in [2.05, 4.69) is 31.1 Å². The second kappa shape index (κ2) is 9.38. The van der Waals surface area contributed by atoms with E-state index in [9.17, 15) is 4.79 Å². The van der Waals surface area contributed by atoms with Crippen LogP contribution in [0.3, 0.4) is 0 Å². The van der Waals surface area contributed by atoms with Crippen LogP contribution in [0.5, 0.6) is 0 Å². The van der Waals surface area contributed by atoms with Crippen LogP contribution in [0.2, 0.25) is 5.02 Å². The number of nitrogens with zero attached hydrogens (tertiary/aromatic N) is 3. The van der Waals surface area contributed by atoms with Gasteiger partial charge in [0.05, 0.1) is 5.02 Å². The highest BCUT2D eigenvalue weighted by Gasteiger charge is 2.22. The molecular formula is C20H23ClN6O2. The first-order valence-corrected chi connectivity index (χ1v) is 9.70. The lowest BCUT2D eigenvalue weighted by molar-refractivity contribution is 0.0954. The van der Waals surface area contributed by atoms with Crippen LogP contribution in [0.4, 0.5) is 11.8 Å². The molecule has 3 N–H and O–H groups in total. The molecule has 1 aromatic carbocycles. The SMILES string of the molecule is CCNc1cc(C)nc(NCCNC(=O)c2c(-c3ccccc3Cl)noc2C)n1. The van der Waals surface area contributed by atoms with E-state index >= 15 is 0 Å². The molecule has 1 amide bonds. The maximum absolute atomic E-state index is 12.7. The van der Waals surface area contributed by atoms with Crippen molar-refractivity contribution in [1.29, 1.82) is 0 Å². The van der Waals surface area contributed by atoms with Crippen LogP contribution >= 0.6 is 11.6 Å². The van der Waals surface area contributed by atoms with Crippen molar-refractivity contribution in [3.8, 4) is 11.3 Å². The monoisotopic (exact) mass is 414 g/mol. The summed E-state index contributed by atoms with van der Waals surface area (Å²) in [4.78, 5) is 21.4. The van der Waals surface area contributed by atoms with Crippen molar-refractivity contribution < 1.29 is 9.32 Å². The van der Waals surface area contributed by atoms with Gasteiger partial charge < -0.3 is 20.5 Å². The summed E-state index contributed by atoms with van der Waals surface area (Å²) in [6, 6.07) is 9.08. The second-order valence-electron chi connectivity index (χ2n) is 6.37. The van der Waals surface area contributed by atoms with Gasteiger partial charge in [0.1, 0.15) is 22.8 Å². The molecule has 0 aliphatic carbocycles. The van der Waals surface area contributed by atoms with Crippen LogP contribution in [0.15, 0.2) is 34.9 Å². The van der Waals surface area contributed by atoms with E-state index in [1.165, 1.54) is 0 Å². The average Bonchev–Trinajstić information content (AvgIpc) is 3.06. The number of benzene rings is 1. The zero-order chi connectivity index (χ0) is 20.8. The molecule has 0 saturated heterocycles. The number of hydrogen-bond acceptors (Lipinski definition) is 7. The lowest BCUT2D eigenvalue weighted by atomic mass is 10.1. The number of halogens is 1. The third-order valence-corrected chi connectivity index (χ3v) is 4.45. The highest BCUT2D eigenvalue weighted by atomic mass is 35.5. The molecule has 0 aliphatic rings. The van der Waals surface area contributed by atoms with Crippen molar-refractivity contribution in [3.63, 3.8) is 0 Å². The van der Waals surface area contributed by atoms with E-state index in [-0.39, 0.29) is 5.91 Å². The molecule has 0 atom stereocenters. The smallest absolute Gasteiger partial charge is 0.257 e. The Morgan fingerprint density at radius 2 is 1.93 bits per heavy atom. The first-order valence-electron chi connectivity index (χ1n) is 9.32. The van der Waals surface area contributed by atoms with Crippen LogP contribution in [0.1, 0.15) is 28.7 Å². The second-order valence-corrected chi connectivity index (χ2v) is 6.78. The Kier molecular flexibility index (Phi) is 6.66. The molecule has 152 valence electrons. The minimum Gasteiger partial charge on any atom is -0.370 e. The summed E-state index contributed by atoms with van der Waals surface area (Å²) in [5.41, 5.74) is 2.31. The predicted octanol–water partition coefficient (Wildman–Crippen LogP) is 3.68. The number of anilines is 2. The molecule has 0 unspecified atom stereocenters. The number of amides is 1. The molecule has 3 aromatic rings. The van der Waals surface area contributed by atoms with Gasteiger partial charge in [0.2, 0.25) is 5.95 Å². The Labute approximate surface area is 174 Å². The third-order valence-electron chi connectivity index (χ3n) is 4.12. The molecular weight excluding hydrogens is 392 g/mol. The summed E-state index contributed by atoms with van der Waals surface area (Å²) < 4.78 is 5.24. The summed E-state index contributed by atoms with van der Waals surface area (Å²) in [6.45, 7) is 7.22.